The van der Waals surface area contributed by atoms with E-state index in [9.17, 15) is 8.42 Å². The predicted octanol–water partition coefficient (Wildman–Crippen LogP) is 0.780. The fraction of sp³-hybridized carbons (Fsp3) is 0.667. The minimum Gasteiger partial charge on any atom is -0.447 e. The highest BCUT2D eigenvalue weighted by Crippen LogP contribution is 2.16. The van der Waals surface area contributed by atoms with Gasteiger partial charge in [0.2, 0.25) is 5.09 Å². The third-order valence-corrected chi connectivity index (χ3v) is 4.48. The molecule has 1 aromatic rings. The Morgan fingerprint density at radius 3 is 2.68 bits per heavy atom. The van der Waals surface area contributed by atoms with Crippen molar-refractivity contribution in [3.05, 3.63) is 17.9 Å². The second kappa shape index (κ2) is 7.04. The van der Waals surface area contributed by atoms with E-state index in [-0.39, 0.29) is 17.7 Å². The van der Waals surface area contributed by atoms with E-state index in [2.05, 4.69) is 5.32 Å². The van der Waals surface area contributed by atoms with Crippen LogP contribution in [0.5, 0.6) is 0 Å². The second-order valence-electron chi connectivity index (χ2n) is 4.66. The van der Waals surface area contributed by atoms with Crippen molar-refractivity contribution in [2.75, 3.05) is 20.7 Å². The van der Waals surface area contributed by atoms with Crippen LogP contribution in [0.15, 0.2) is 21.6 Å². The largest absolute Gasteiger partial charge is 0.447 e. The standard InChI is InChI=1S/C12H22N2O4S/c1-10(5-4-8-15)13-9-11-6-7-12(18-11)19(16,17)14(2)3/h6-7,10,13,15H,4-5,8-9H2,1-3H3. The van der Waals surface area contributed by atoms with Gasteiger partial charge in [-0.1, -0.05) is 0 Å². The first kappa shape index (κ1) is 16.2. The van der Waals surface area contributed by atoms with Crippen LogP contribution in [0, 0.1) is 0 Å². The van der Waals surface area contributed by atoms with Crippen LogP contribution in [0.3, 0.4) is 0 Å². The number of nitrogens with zero attached hydrogens (tertiary/aromatic N) is 1. The Morgan fingerprint density at radius 2 is 2.11 bits per heavy atom. The molecule has 19 heavy (non-hydrogen) atoms. The maximum atomic E-state index is 11.8. The smallest absolute Gasteiger partial charge is 0.275 e. The highest BCUT2D eigenvalue weighted by molar-refractivity contribution is 7.88. The van der Waals surface area contributed by atoms with Gasteiger partial charge in [0.15, 0.2) is 0 Å². The lowest BCUT2D eigenvalue weighted by molar-refractivity contribution is 0.275. The van der Waals surface area contributed by atoms with Gasteiger partial charge in [0, 0.05) is 26.7 Å². The average Bonchev–Trinajstić information content (AvgIpc) is 2.83. The summed E-state index contributed by atoms with van der Waals surface area (Å²) in [4.78, 5) is 0. The number of rotatable bonds is 8. The molecule has 0 radical (unpaired) electrons. The Hall–Kier alpha value is -0.890. The van der Waals surface area contributed by atoms with E-state index in [0.29, 0.717) is 12.3 Å². The monoisotopic (exact) mass is 290 g/mol. The Balaban J connectivity index is 2.57. The molecule has 1 aromatic heterocycles. The summed E-state index contributed by atoms with van der Waals surface area (Å²) in [5.41, 5.74) is 0. The maximum Gasteiger partial charge on any atom is 0.275 e. The number of hydrogen-bond donors (Lipinski definition) is 2. The van der Waals surface area contributed by atoms with E-state index < -0.39 is 10.0 Å². The van der Waals surface area contributed by atoms with Crippen LogP contribution in [-0.4, -0.2) is 44.6 Å². The van der Waals surface area contributed by atoms with Crippen LogP contribution >= 0.6 is 0 Å². The molecule has 1 heterocycles. The van der Waals surface area contributed by atoms with Crippen LogP contribution in [0.25, 0.3) is 0 Å². The van der Waals surface area contributed by atoms with Crippen molar-refractivity contribution in [2.45, 2.75) is 37.4 Å². The SMILES string of the molecule is CC(CCCO)NCc1ccc(S(=O)(=O)N(C)C)o1. The van der Waals surface area contributed by atoms with Crippen molar-refractivity contribution in [1.82, 2.24) is 9.62 Å². The first-order valence-corrected chi connectivity index (χ1v) is 7.67. The topological polar surface area (TPSA) is 82.8 Å². The summed E-state index contributed by atoms with van der Waals surface area (Å²) in [6.07, 6.45) is 1.60. The number of sulfonamides is 1. The molecule has 0 fully saturated rings. The Bertz CT molecular complexity index is 482. The lowest BCUT2D eigenvalue weighted by Crippen LogP contribution is -2.25. The molecule has 1 atom stereocenters. The lowest BCUT2D eigenvalue weighted by Gasteiger charge is -2.11. The zero-order valence-corrected chi connectivity index (χ0v) is 12.4. The quantitative estimate of drug-likeness (QED) is 0.739. The molecule has 7 heteroatoms. The van der Waals surface area contributed by atoms with Crippen molar-refractivity contribution >= 4 is 10.0 Å². The van der Waals surface area contributed by atoms with E-state index >= 15 is 0 Å². The summed E-state index contributed by atoms with van der Waals surface area (Å²) < 4.78 is 30.1. The van der Waals surface area contributed by atoms with Gasteiger partial charge in [0.05, 0.1) is 6.54 Å². The van der Waals surface area contributed by atoms with Gasteiger partial charge < -0.3 is 14.8 Å². The summed E-state index contributed by atoms with van der Waals surface area (Å²) >= 11 is 0. The molecule has 0 aliphatic carbocycles. The fourth-order valence-corrected chi connectivity index (χ4v) is 2.36. The summed E-state index contributed by atoms with van der Waals surface area (Å²) in [5, 5.41) is 11.9. The van der Waals surface area contributed by atoms with Crippen LogP contribution in [0.2, 0.25) is 0 Å². The summed E-state index contributed by atoms with van der Waals surface area (Å²) in [7, 11) is -0.573. The number of hydrogen-bond acceptors (Lipinski definition) is 5. The molecule has 0 amide bonds. The van der Waals surface area contributed by atoms with Crippen molar-refractivity contribution in [1.29, 1.82) is 0 Å². The van der Waals surface area contributed by atoms with Gasteiger partial charge >= 0.3 is 0 Å². The van der Waals surface area contributed by atoms with Crippen LogP contribution < -0.4 is 5.32 Å². The molecule has 1 rings (SSSR count). The maximum absolute atomic E-state index is 11.8. The van der Waals surface area contributed by atoms with Crippen LogP contribution in [0.4, 0.5) is 0 Å². The molecule has 0 saturated carbocycles. The van der Waals surface area contributed by atoms with Crippen molar-refractivity contribution < 1.29 is 17.9 Å². The number of nitrogens with one attached hydrogen (secondary N) is 1. The highest BCUT2D eigenvalue weighted by atomic mass is 32.2. The normalized spacial score (nSPS) is 13.9. The van der Waals surface area contributed by atoms with Crippen LogP contribution in [0.1, 0.15) is 25.5 Å². The van der Waals surface area contributed by atoms with E-state index in [1.54, 1.807) is 6.07 Å². The summed E-state index contributed by atoms with van der Waals surface area (Å²) in [5.74, 6) is 0.580. The van der Waals surface area contributed by atoms with E-state index in [4.69, 9.17) is 9.52 Å². The van der Waals surface area contributed by atoms with Crippen molar-refractivity contribution in [2.24, 2.45) is 0 Å². The molecule has 0 saturated heterocycles. The van der Waals surface area contributed by atoms with Gasteiger partial charge in [-0.05, 0) is 31.9 Å². The van der Waals surface area contributed by atoms with E-state index in [0.717, 1.165) is 17.1 Å². The number of furan rings is 1. The van der Waals surface area contributed by atoms with Gasteiger partial charge in [-0.3, -0.25) is 0 Å². The first-order valence-electron chi connectivity index (χ1n) is 6.23. The highest BCUT2D eigenvalue weighted by Gasteiger charge is 2.21. The van der Waals surface area contributed by atoms with Crippen molar-refractivity contribution in [3.63, 3.8) is 0 Å². The molecule has 2 N–H and O–H groups in total. The molecule has 1 unspecified atom stereocenters. The molecule has 0 bridgehead atoms. The van der Waals surface area contributed by atoms with Crippen LogP contribution in [-0.2, 0) is 16.6 Å². The van der Waals surface area contributed by atoms with E-state index in [1.807, 2.05) is 6.92 Å². The molecule has 110 valence electrons. The summed E-state index contributed by atoms with van der Waals surface area (Å²) in [6, 6.07) is 3.36. The van der Waals surface area contributed by atoms with Gasteiger partial charge in [-0.2, -0.15) is 0 Å². The number of aliphatic hydroxyl groups is 1. The Morgan fingerprint density at radius 1 is 1.42 bits per heavy atom. The van der Waals surface area contributed by atoms with Gasteiger partial charge in [-0.25, -0.2) is 12.7 Å². The third kappa shape index (κ3) is 4.61. The molecule has 6 nitrogen and oxygen atoms in total. The minimum absolute atomic E-state index is 0.0442. The predicted molar refractivity (Wildman–Crippen MR) is 72.2 cm³/mol. The number of aliphatic hydroxyl groups excluding tert-OH is 1. The zero-order valence-electron chi connectivity index (χ0n) is 11.6. The van der Waals surface area contributed by atoms with Gasteiger partial charge in [0.25, 0.3) is 10.0 Å². The lowest BCUT2D eigenvalue weighted by atomic mass is 10.2. The Labute approximate surface area is 114 Å². The molecule has 0 aliphatic rings. The third-order valence-electron chi connectivity index (χ3n) is 2.79. The van der Waals surface area contributed by atoms with Gasteiger partial charge in [-0.15, -0.1) is 0 Å². The molecular weight excluding hydrogens is 268 g/mol. The molecule has 0 spiro atoms. The molecular formula is C12H22N2O4S. The Kier molecular flexibility index (Phi) is 5.99. The van der Waals surface area contributed by atoms with Crippen molar-refractivity contribution in [3.8, 4) is 0 Å². The fourth-order valence-electron chi connectivity index (χ4n) is 1.55. The molecule has 0 aliphatic heterocycles. The zero-order chi connectivity index (χ0) is 14.5. The minimum atomic E-state index is -3.50. The van der Waals surface area contributed by atoms with E-state index in [1.165, 1.54) is 20.2 Å². The molecule has 0 aromatic carbocycles. The average molecular weight is 290 g/mol. The summed E-state index contributed by atoms with van der Waals surface area (Å²) in [6.45, 7) is 2.66. The first-order chi connectivity index (χ1) is 8.87. The second-order valence-corrected chi connectivity index (χ2v) is 6.74. The van der Waals surface area contributed by atoms with Gasteiger partial charge in [0.1, 0.15) is 5.76 Å².